The number of hydrogen-bond acceptors (Lipinski definition) is 1. The summed E-state index contributed by atoms with van der Waals surface area (Å²) < 4.78 is 1.56. The van der Waals surface area contributed by atoms with Crippen molar-refractivity contribution in [1.29, 1.82) is 0 Å². The maximum absolute atomic E-state index is 2.37. The second-order valence-electron chi connectivity index (χ2n) is 2.52. The van der Waals surface area contributed by atoms with Gasteiger partial charge in [-0.25, -0.2) is 0 Å². The van der Waals surface area contributed by atoms with Crippen molar-refractivity contribution in [2.24, 2.45) is 0 Å². The Morgan fingerprint density at radius 2 is 2.00 bits per heavy atom. The Hall–Kier alpha value is -0.0805. The quantitative estimate of drug-likeness (QED) is 0.458. The third kappa shape index (κ3) is 2.23. The van der Waals surface area contributed by atoms with Gasteiger partial charge in [0, 0.05) is 0 Å². The van der Waals surface area contributed by atoms with Crippen LogP contribution in [0.2, 0.25) is 0 Å². The van der Waals surface area contributed by atoms with E-state index >= 15 is 0 Å². The number of hydrogen-bond donors (Lipinski definition) is 0. The van der Waals surface area contributed by atoms with Crippen molar-refractivity contribution in [2.45, 2.75) is 3.08 Å². The van der Waals surface area contributed by atoms with E-state index < -0.39 is 0 Å². The third-order valence-corrected chi connectivity index (χ3v) is 7.56. The van der Waals surface area contributed by atoms with E-state index in [1.54, 1.807) is 3.08 Å². The maximum atomic E-state index is 2.37. The van der Waals surface area contributed by atoms with Crippen molar-refractivity contribution < 1.29 is 0 Å². The standard InChI is InChI=1S/C10H9S2Se/c1-11-10-12-9(7-13-10)8-5-3-2-4-6-8/h2-7H,1H3/q+1. The van der Waals surface area contributed by atoms with Crippen LogP contribution < -0.4 is 0 Å². The van der Waals surface area contributed by atoms with E-state index in [0.717, 1.165) is 0 Å². The predicted octanol–water partition coefficient (Wildman–Crippen LogP) is 3.48. The van der Waals surface area contributed by atoms with Crippen LogP contribution in [0.1, 0.15) is 0 Å². The van der Waals surface area contributed by atoms with Crippen molar-refractivity contribution in [2.75, 3.05) is 6.26 Å². The third-order valence-electron chi connectivity index (χ3n) is 1.68. The molecule has 0 nitrogen and oxygen atoms in total. The molecule has 0 atom stereocenters. The van der Waals surface area contributed by atoms with Crippen LogP contribution in [-0.2, 0) is 0 Å². The Balaban J connectivity index is 2.36. The minimum absolute atomic E-state index is 0.593. The van der Waals surface area contributed by atoms with Crippen LogP contribution in [0.3, 0.4) is 0 Å². The molecule has 0 unspecified atom stereocenters. The monoisotopic (exact) mass is 273 g/mol. The van der Waals surface area contributed by atoms with Crippen LogP contribution in [0.25, 0.3) is 10.4 Å². The molecule has 0 aliphatic heterocycles. The summed E-state index contributed by atoms with van der Waals surface area (Å²) >= 11 is 4.41. The summed E-state index contributed by atoms with van der Waals surface area (Å²) in [6.07, 6.45) is 2.16. The van der Waals surface area contributed by atoms with Crippen LogP contribution in [0.15, 0.2) is 38.4 Å². The summed E-state index contributed by atoms with van der Waals surface area (Å²) in [7, 11) is 0. The van der Waals surface area contributed by atoms with Gasteiger partial charge in [0.2, 0.25) is 0 Å². The van der Waals surface area contributed by atoms with Gasteiger partial charge in [-0.05, 0) is 0 Å². The summed E-state index contributed by atoms with van der Waals surface area (Å²) in [5.41, 5.74) is 1.36. The Morgan fingerprint density at radius 3 is 2.62 bits per heavy atom. The SMILES string of the molecule is CSc1[s+]c(-c2ccccc2)c[se]1. The van der Waals surface area contributed by atoms with Crippen molar-refractivity contribution in [1.82, 2.24) is 0 Å². The molecule has 2 rings (SSSR count). The van der Waals surface area contributed by atoms with Gasteiger partial charge < -0.3 is 0 Å². The fourth-order valence-electron chi connectivity index (χ4n) is 1.06. The van der Waals surface area contributed by atoms with E-state index in [1.807, 2.05) is 23.1 Å². The van der Waals surface area contributed by atoms with E-state index in [-0.39, 0.29) is 0 Å². The fourth-order valence-corrected chi connectivity index (χ4v) is 5.53. The second-order valence-corrected chi connectivity index (χ2v) is 7.66. The van der Waals surface area contributed by atoms with Gasteiger partial charge in [0.15, 0.2) is 0 Å². The summed E-state index contributed by atoms with van der Waals surface area (Å²) in [6.45, 7) is 0. The Kier molecular flexibility index (Phi) is 3.23. The predicted molar refractivity (Wildman–Crippen MR) is 62.9 cm³/mol. The van der Waals surface area contributed by atoms with Crippen molar-refractivity contribution in [3.63, 3.8) is 0 Å². The van der Waals surface area contributed by atoms with Crippen LogP contribution in [0.4, 0.5) is 0 Å². The zero-order valence-corrected chi connectivity index (χ0v) is 10.5. The Labute approximate surface area is 92.4 Å². The summed E-state index contributed by atoms with van der Waals surface area (Å²) in [5.74, 6) is 0. The van der Waals surface area contributed by atoms with Gasteiger partial charge in [-0.3, -0.25) is 0 Å². The zero-order valence-electron chi connectivity index (χ0n) is 7.19. The molecule has 0 radical (unpaired) electrons. The van der Waals surface area contributed by atoms with Crippen LogP contribution >= 0.6 is 23.1 Å². The molecule has 3 heteroatoms. The fraction of sp³-hybridized carbons (Fsp3) is 0.100. The van der Waals surface area contributed by atoms with E-state index in [0.29, 0.717) is 14.5 Å². The Morgan fingerprint density at radius 1 is 1.23 bits per heavy atom. The van der Waals surface area contributed by atoms with Gasteiger partial charge in [-0.15, -0.1) is 0 Å². The van der Waals surface area contributed by atoms with Gasteiger partial charge in [-0.2, -0.15) is 0 Å². The molecule has 1 aromatic heterocycles. The molecule has 0 saturated carbocycles. The van der Waals surface area contributed by atoms with Gasteiger partial charge in [0.1, 0.15) is 0 Å². The molecule has 1 heterocycles. The first-order valence-electron chi connectivity index (χ1n) is 3.91. The molecule has 1 aromatic carbocycles. The van der Waals surface area contributed by atoms with Crippen LogP contribution in [0, 0.1) is 0 Å². The number of benzene rings is 1. The van der Waals surface area contributed by atoms with Crippen LogP contribution in [-0.4, -0.2) is 20.8 Å². The molecule has 2 aromatic rings. The minimum atomic E-state index is 0.593. The summed E-state index contributed by atoms with van der Waals surface area (Å²) in [4.78, 5) is 3.81. The summed E-state index contributed by atoms with van der Waals surface area (Å²) in [5, 5.41) is 0. The first-order valence-corrected chi connectivity index (χ1v) is 7.80. The number of rotatable bonds is 2. The second kappa shape index (κ2) is 4.43. The molecule has 0 fully saturated rings. The van der Waals surface area contributed by atoms with E-state index in [9.17, 15) is 0 Å². The molecular weight excluding hydrogens is 263 g/mol. The van der Waals surface area contributed by atoms with E-state index in [4.69, 9.17) is 0 Å². The first kappa shape index (κ1) is 9.47. The molecular formula is C10H9S2Se+. The molecule has 66 valence electrons. The van der Waals surface area contributed by atoms with Crippen molar-refractivity contribution in [3.8, 4) is 10.4 Å². The number of thioether (sulfide) groups is 1. The average molecular weight is 272 g/mol. The molecule has 0 aliphatic rings. The molecule has 0 bridgehead atoms. The average Bonchev–Trinajstić information content (AvgIpc) is 2.67. The van der Waals surface area contributed by atoms with Crippen LogP contribution in [0.5, 0.6) is 0 Å². The van der Waals surface area contributed by atoms with E-state index in [1.165, 1.54) is 10.4 Å². The topological polar surface area (TPSA) is 0 Å². The molecule has 0 N–H and O–H groups in total. The van der Waals surface area contributed by atoms with Gasteiger partial charge >= 0.3 is 92.7 Å². The van der Waals surface area contributed by atoms with Crippen molar-refractivity contribution in [3.05, 3.63) is 35.3 Å². The van der Waals surface area contributed by atoms with Gasteiger partial charge in [-0.1, -0.05) is 0 Å². The first-order chi connectivity index (χ1) is 6.40. The van der Waals surface area contributed by atoms with E-state index in [2.05, 4.69) is 41.5 Å². The molecule has 0 aliphatic carbocycles. The van der Waals surface area contributed by atoms with Gasteiger partial charge in [0.25, 0.3) is 0 Å². The molecule has 0 saturated heterocycles. The van der Waals surface area contributed by atoms with Gasteiger partial charge in [0.05, 0.1) is 0 Å². The zero-order chi connectivity index (χ0) is 9.10. The summed E-state index contributed by atoms with van der Waals surface area (Å²) in [6, 6.07) is 10.6. The normalized spacial score (nSPS) is 10.2. The van der Waals surface area contributed by atoms with Crippen molar-refractivity contribution >= 4 is 37.6 Å². The Bertz CT molecular complexity index is 381. The molecule has 13 heavy (non-hydrogen) atoms. The molecule has 0 spiro atoms. The molecule has 0 amide bonds.